The standard InChI is InChI=1S/C11H16N2O3/c1-8-6-12-4-5-13(8)7-9-2-3-10(16-9)11(14)15/h2-3,8,12H,4-7H2,1H3,(H,14,15)/t8-/m0/s1. The van der Waals surface area contributed by atoms with Crippen LogP contribution < -0.4 is 5.32 Å². The van der Waals surface area contributed by atoms with Crippen molar-refractivity contribution in [3.05, 3.63) is 23.7 Å². The Balaban J connectivity index is 1.99. The molecule has 1 fully saturated rings. The van der Waals surface area contributed by atoms with Gasteiger partial charge in [0.2, 0.25) is 5.76 Å². The summed E-state index contributed by atoms with van der Waals surface area (Å²) in [4.78, 5) is 12.9. The highest BCUT2D eigenvalue weighted by Crippen LogP contribution is 2.13. The number of carboxylic acids is 1. The highest BCUT2D eigenvalue weighted by atomic mass is 16.4. The molecule has 1 aromatic heterocycles. The number of piperazine rings is 1. The van der Waals surface area contributed by atoms with Gasteiger partial charge in [-0.1, -0.05) is 0 Å². The van der Waals surface area contributed by atoms with E-state index < -0.39 is 5.97 Å². The summed E-state index contributed by atoms with van der Waals surface area (Å²) in [5.74, 6) is -0.288. The summed E-state index contributed by atoms with van der Waals surface area (Å²) in [7, 11) is 0. The normalized spacial score (nSPS) is 22.2. The van der Waals surface area contributed by atoms with Crippen molar-refractivity contribution in [2.75, 3.05) is 19.6 Å². The highest BCUT2D eigenvalue weighted by Gasteiger charge is 2.19. The van der Waals surface area contributed by atoms with Crippen LogP contribution in [-0.4, -0.2) is 41.7 Å². The highest BCUT2D eigenvalue weighted by molar-refractivity contribution is 5.84. The number of aromatic carboxylic acids is 1. The van der Waals surface area contributed by atoms with Crippen molar-refractivity contribution < 1.29 is 14.3 Å². The van der Waals surface area contributed by atoms with Crippen molar-refractivity contribution in [3.8, 4) is 0 Å². The maximum atomic E-state index is 10.7. The first kappa shape index (κ1) is 11.2. The van der Waals surface area contributed by atoms with Gasteiger partial charge in [0.15, 0.2) is 0 Å². The Morgan fingerprint density at radius 3 is 3.12 bits per heavy atom. The zero-order chi connectivity index (χ0) is 11.5. The summed E-state index contributed by atoms with van der Waals surface area (Å²) < 4.78 is 5.23. The molecule has 1 atom stereocenters. The molecule has 5 nitrogen and oxygen atoms in total. The molecular formula is C11H16N2O3. The predicted molar refractivity (Wildman–Crippen MR) is 58.4 cm³/mol. The quantitative estimate of drug-likeness (QED) is 0.794. The summed E-state index contributed by atoms with van der Waals surface area (Å²) in [6, 6.07) is 3.69. The van der Waals surface area contributed by atoms with Crippen molar-refractivity contribution in [2.24, 2.45) is 0 Å². The van der Waals surface area contributed by atoms with Crippen LogP contribution in [-0.2, 0) is 6.54 Å². The number of hydrogen-bond acceptors (Lipinski definition) is 4. The number of carboxylic acid groups (broad SMARTS) is 1. The first-order chi connectivity index (χ1) is 7.66. The van der Waals surface area contributed by atoms with Gasteiger partial charge >= 0.3 is 5.97 Å². The molecule has 0 aliphatic carbocycles. The second-order valence-corrected chi connectivity index (χ2v) is 4.09. The number of carbonyl (C=O) groups is 1. The Morgan fingerprint density at radius 1 is 1.69 bits per heavy atom. The number of nitrogens with zero attached hydrogens (tertiary/aromatic N) is 1. The van der Waals surface area contributed by atoms with Gasteiger partial charge < -0.3 is 14.8 Å². The zero-order valence-electron chi connectivity index (χ0n) is 9.27. The molecular weight excluding hydrogens is 208 g/mol. The first-order valence-electron chi connectivity index (χ1n) is 5.43. The molecule has 0 radical (unpaired) electrons. The second kappa shape index (κ2) is 4.67. The van der Waals surface area contributed by atoms with Crippen molar-refractivity contribution in [1.29, 1.82) is 0 Å². The number of rotatable bonds is 3. The average Bonchev–Trinajstić information content (AvgIpc) is 2.70. The fraction of sp³-hybridized carbons (Fsp3) is 0.545. The average molecular weight is 224 g/mol. The number of hydrogen-bond donors (Lipinski definition) is 2. The molecule has 0 spiro atoms. The third kappa shape index (κ3) is 2.43. The maximum absolute atomic E-state index is 10.7. The first-order valence-corrected chi connectivity index (χ1v) is 5.43. The van der Waals surface area contributed by atoms with E-state index in [0.29, 0.717) is 18.3 Å². The molecule has 2 N–H and O–H groups in total. The lowest BCUT2D eigenvalue weighted by Crippen LogP contribution is -2.49. The lowest BCUT2D eigenvalue weighted by atomic mass is 10.2. The van der Waals surface area contributed by atoms with Crippen LogP contribution in [0.2, 0.25) is 0 Å². The van der Waals surface area contributed by atoms with Gasteiger partial charge in [-0.3, -0.25) is 4.90 Å². The van der Waals surface area contributed by atoms with Crippen LogP contribution in [0.1, 0.15) is 23.2 Å². The molecule has 16 heavy (non-hydrogen) atoms. The van der Waals surface area contributed by atoms with E-state index >= 15 is 0 Å². The Morgan fingerprint density at radius 2 is 2.50 bits per heavy atom. The molecule has 2 heterocycles. The molecule has 0 bridgehead atoms. The zero-order valence-corrected chi connectivity index (χ0v) is 9.27. The van der Waals surface area contributed by atoms with Crippen LogP contribution in [0.15, 0.2) is 16.5 Å². The molecule has 1 saturated heterocycles. The molecule has 0 amide bonds. The van der Waals surface area contributed by atoms with E-state index in [4.69, 9.17) is 9.52 Å². The molecule has 1 aromatic rings. The van der Waals surface area contributed by atoms with E-state index in [1.807, 2.05) is 0 Å². The maximum Gasteiger partial charge on any atom is 0.371 e. The van der Waals surface area contributed by atoms with Crippen LogP contribution in [0.25, 0.3) is 0 Å². The minimum Gasteiger partial charge on any atom is -0.475 e. The van der Waals surface area contributed by atoms with Crippen molar-refractivity contribution >= 4 is 5.97 Å². The largest absolute Gasteiger partial charge is 0.475 e. The van der Waals surface area contributed by atoms with Crippen LogP contribution in [0, 0.1) is 0 Å². The van der Waals surface area contributed by atoms with Gasteiger partial charge in [0.25, 0.3) is 0 Å². The third-order valence-electron chi connectivity index (χ3n) is 2.87. The minimum absolute atomic E-state index is 0.0118. The molecule has 88 valence electrons. The summed E-state index contributed by atoms with van der Waals surface area (Å²) in [6.45, 7) is 5.72. The fourth-order valence-electron chi connectivity index (χ4n) is 1.90. The van der Waals surface area contributed by atoms with Crippen molar-refractivity contribution in [3.63, 3.8) is 0 Å². The van der Waals surface area contributed by atoms with Crippen LogP contribution in [0.4, 0.5) is 0 Å². The number of nitrogens with one attached hydrogen (secondary N) is 1. The number of furan rings is 1. The minimum atomic E-state index is -1.01. The molecule has 2 rings (SSSR count). The topological polar surface area (TPSA) is 65.7 Å². The molecule has 1 aliphatic heterocycles. The lowest BCUT2D eigenvalue weighted by Gasteiger charge is -2.33. The van der Waals surface area contributed by atoms with Crippen molar-refractivity contribution in [1.82, 2.24) is 10.2 Å². The summed E-state index contributed by atoms with van der Waals surface area (Å²) in [5.41, 5.74) is 0. The fourth-order valence-corrected chi connectivity index (χ4v) is 1.90. The lowest BCUT2D eigenvalue weighted by molar-refractivity contribution is 0.0656. The van der Waals surface area contributed by atoms with Gasteiger partial charge in [-0.15, -0.1) is 0 Å². The third-order valence-corrected chi connectivity index (χ3v) is 2.87. The summed E-state index contributed by atoms with van der Waals surface area (Å²) >= 11 is 0. The van der Waals surface area contributed by atoms with E-state index in [-0.39, 0.29) is 5.76 Å². The summed E-state index contributed by atoms with van der Waals surface area (Å²) in [6.07, 6.45) is 0. The smallest absolute Gasteiger partial charge is 0.371 e. The summed E-state index contributed by atoms with van der Waals surface area (Å²) in [5, 5.41) is 12.0. The van der Waals surface area contributed by atoms with Gasteiger partial charge in [-0.25, -0.2) is 4.79 Å². The second-order valence-electron chi connectivity index (χ2n) is 4.09. The Labute approximate surface area is 94.0 Å². The predicted octanol–water partition coefficient (Wildman–Crippen LogP) is 0.771. The molecule has 5 heteroatoms. The molecule has 0 unspecified atom stereocenters. The van der Waals surface area contributed by atoms with Gasteiger partial charge in [0.1, 0.15) is 5.76 Å². The monoisotopic (exact) mass is 224 g/mol. The Kier molecular flexibility index (Phi) is 3.26. The van der Waals surface area contributed by atoms with E-state index in [9.17, 15) is 4.79 Å². The van der Waals surface area contributed by atoms with Gasteiger partial charge in [-0.2, -0.15) is 0 Å². The Hall–Kier alpha value is -1.33. The van der Waals surface area contributed by atoms with E-state index in [0.717, 1.165) is 19.6 Å². The van der Waals surface area contributed by atoms with E-state index in [1.165, 1.54) is 6.07 Å². The van der Waals surface area contributed by atoms with Crippen LogP contribution in [0.5, 0.6) is 0 Å². The Bertz CT molecular complexity index is 375. The van der Waals surface area contributed by atoms with E-state index in [2.05, 4.69) is 17.1 Å². The molecule has 0 saturated carbocycles. The van der Waals surface area contributed by atoms with Gasteiger partial charge in [-0.05, 0) is 19.1 Å². The van der Waals surface area contributed by atoms with Gasteiger partial charge in [0.05, 0.1) is 6.54 Å². The van der Waals surface area contributed by atoms with E-state index in [1.54, 1.807) is 6.07 Å². The van der Waals surface area contributed by atoms with Gasteiger partial charge in [0, 0.05) is 25.7 Å². The van der Waals surface area contributed by atoms with Crippen LogP contribution >= 0.6 is 0 Å². The molecule has 0 aromatic carbocycles. The van der Waals surface area contributed by atoms with Crippen molar-refractivity contribution in [2.45, 2.75) is 19.5 Å². The SMILES string of the molecule is C[C@H]1CNCCN1Cc1ccc(C(=O)O)o1. The molecule has 1 aliphatic rings. The van der Waals surface area contributed by atoms with Crippen LogP contribution in [0.3, 0.4) is 0 Å².